The minimum atomic E-state index is 0.141. The average Bonchev–Trinajstić information content (AvgIpc) is 2.55. The average molecular weight is 299 g/mol. The summed E-state index contributed by atoms with van der Waals surface area (Å²) < 4.78 is 10.7. The highest BCUT2D eigenvalue weighted by Gasteiger charge is 2.00. The second-order valence-corrected chi connectivity index (χ2v) is 4.88. The van der Waals surface area contributed by atoms with Crippen molar-refractivity contribution >= 4 is 11.9 Å². The Kier molecular flexibility index (Phi) is 5.83. The van der Waals surface area contributed by atoms with Gasteiger partial charge in [0.2, 0.25) is 0 Å². The van der Waals surface area contributed by atoms with Crippen molar-refractivity contribution in [2.75, 3.05) is 13.7 Å². The first kappa shape index (κ1) is 15.9. The number of nitrogens with zero attached hydrogens (tertiary/aromatic N) is 1. The zero-order chi connectivity index (χ0) is 15.8. The quantitative estimate of drug-likeness (QED) is 0.611. The molecule has 2 aromatic carbocycles. The van der Waals surface area contributed by atoms with Gasteiger partial charge in [0.1, 0.15) is 17.2 Å². The fourth-order valence-electron chi connectivity index (χ4n) is 1.87. The van der Waals surface area contributed by atoms with Crippen LogP contribution >= 0.6 is 0 Å². The predicted octanol–water partition coefficient (Wildman–Crippen LogP) is 4.33. The van der Waals surface area contributed by atoms with Gasteiger partial charge in [0.15, 0.2) is 0 Å². The van der Waals surface area contributed by atoms with Gasteiger partial charge in [0.25, 0.3) is 0 Å². The molecule has 0 aliphatic heterocycles. The van der Waals surface area contributed by atoms with Gasteiger partial charge in [-0.3, -0.25) is 4.99 Å². The van der Waals surface area contributed by atoms with Gasteiger partial charge in [-0.25, -0.2) is 0 Å². The maximum absolute atomic E-state index is 9.87. The van der Waals surface area contributed by atoms with Crippen molar-refractivity contribution in [3.8, 4) is 17.2 Å². The topological polar surface area (TPSA) is 51.0 Å². The second-order valence-electron chi connectivity index (χ2n) is 4.88. The largest absolute Gasteiger partial charge is 0.507 e. The van der Waals surface area contributed by atoms with Gasteiger partial charge in [-0.2, -0.15) is 0 Å². The lowest BCUT2D eigenvalue weighted by Gasteiger charge is -2.05. The number of rotatable bonds is 7. The Morgan fingerprint density at radius 2 is 1.82 bits per heavy atom. The number of unbranched alkanes of at least 4 members (excludes halogenated alkanes) is 1. The molecule has 0 radical (unpaired) electrons. The van der Waals surface area contributed by atoms with E-state index in [4.69, 9.17) is 9.47 Å². The molecule has 4 nitrogen and oxygen atoms in total. The van der Waals surface area contributed by atoms with E-state index in [9.17, 15) is 5.11 Å². The summed E-state index contributed by atoms with van der Waals surface area (Å²) >= 11 is 0. The predicted molar refractivity (Wildman–Crippen MR) is 88.8 cm³/mol. The van der Waals surface area contributed by atoms with Crippen LogP contribution in [0.1, 0.15) is 25.3 Å². The highest BCUT2D eigenvalue weighted by molar-refractivity contribution is 5.85. The minimum absolute atomic E-state index is 0.141. The number of ether oxygens (including phenoxy) is 2. The molecule has 22 heavy (non-hydrogen) atoms. The summed E-state index contributed by atoms with van der Waals surface area (Å²) in [7, 11) is 1.56. The van der Waals surface area contributed by atoms with E-state index < -0.39 is 0 Å². The minimum Gasteiger partial charge on any atom is -0.507 e. The Labute approximate surface area is 131 Å². The van der Waals surface area contributed by atoms with Gasteiger partial charge >= 0.3 is 0 Å². The molecule has 0 saturated carbocycles. The van der Waals surface area contributed by atoms with Crippen molar-refractivity contribution in [1.82, 2.24) is 0 Å². The third kappa shape index (κ3) is 4.52. The molecule has 0 unspecified atom stereocenters. The van der Waals surface area contributed by atoms with Crippen LogP contribution in [0.4, 0.5) is 5.69 Å². The maximum atomic E-state index is 9.87. The maximum Gasteiger partial charge on any atom is 0.128 e. The van der Waals surface area contributed by atoms with Gasteiger partial charge in [-0.1, -0.05) is 13.3 Å². The molecule has 4 heteroatoms. The normalized spacial score (nSPS) is 10.8. The number of hydrogen-bond donors (Lipinski definition) is 1. The lowest BCUT2D eigenvalue weighted by Crippen LogP contribution is -1.95. The van der Waals surface area contributed by atoms with E-state index in [1.165, 1.54) is 0 Å². The van der Waals surface area contributed by atoms with Crippen LogP contribution in [0.2, 0.25) is 0 Å². The van der Waals surface area contributed by atoms with Crippen molar-refractivity contribution in [3.63, 3.8) is 0 Å². The molecule has 0 aliphatic rings. The molecule has 2 rings (SSSR count). The van der Waals surface area contributed by atoms with Crippen molar-refractivity contribution in [2.45, 2.75) is 19.8 Å². The van der Waals surface area contributed by atoms with E-state index in [1.807, 2.05) is 24.3 Å². The molecule has 0 aromatic heterocycles. The Morgan fingerprint density at radius 3 is 2.45 bits per heavy atom. The zero-order valence-corrected chi connectivity index (χ0v) is 13.0. The molecule has 116 valence electrons. The first-order valence-corrected chi connectivity index (χ1v) is 7.37. The highest BCUT2D eigenvalue weighted by Crippen LogP contribution is 2.23. The lowest BCUT2D eigenvalue weighted by molar-refractivity contribution is 0.309. The van der Waals surface area contributed by atoms with Crippen LogP contribution in [0, 0.1) is 0 Å². The SMILES string of the molecule is CCCCOc1ccc(N=Cc2ccc(OC)cc2O)cc1. The molecule has 0 heterocycles. The third-order valence-corrected chi connectivity index (χ3v) is 3.19. The van der Waals surface area contributed by atoms with Crippen LogP contribution in [0.25, 0.3) is 0 Å². The van der Waals surface area contributed by atoms with Crippen LogP contribution in [-0.2, 0) is 0 Å². The van der Waals surface area contributed by atoms with Crippen LogP contribution in [-0.4, -0.2) is 25.0 Å². The summed E-state index contributed by atoms with van der Waals surface area (Å²) in [5, 5.41) is 9.87. The summed E-state index contributed by atoms with van der Waals surface area (Å²) in [6, 6.07) is 12.7. The number of aromatic hydroxyl groups is 1. The van der Waals surface area contributed by atoms with Gasteiger partial charge in [0, 0.05) is 17.8 Å². The summed E-state index contributed by atoms with van der Waals surface area (Å²) in [5.41, 5.74) is 1.45. The number of benzene rings is 2. The first-order chi connectivity index (χ1) is 10.7. The van der Waals surface area contributed by atoms with Crippen molar-refractivity contribution in [1.29, 1.82) is 0 Å². The molecule has 0 saturated heterocycles. The van der Waals surface area contributed by atoms with E-state index in [1.54, 1.807) is 31.5 Å². The second kappa shape index (κ2) is 8.08. The van der Waals surface area contributed by atoms with Gasteiger partial charge in [-0.05, 0) is 42.8 Å². The Bertz CT molecular complexity index is 621. The highest BCUT2D eigenvalue weighted by atomic mass is 16.5. The Morgan fingerprint density at radius 1 is 1.09 bits per heavy atom. The molecular formula is C18H21NO3. The first-order valence-electron chi connectivity index (χ1n) is 7.37. The molecule has 2 aromatic rings. The summed E-state index contributed by atoms with van der Waals surface area (Å²) in [4.78, 5) is 4.35. The Hall–Kier alpha value is -2.49. The molecule has 0 atom stereocenters. The van der Waals surface area contributed by atoms with Crippen molar-refractivity contribution < 1.29 is 14.6 Å². The van der Waals surface area contributed by atoms with Crippen LogP contribution < -0.4 is 9.47 Å². The van der Waals surface area contributed by atoms with E-state index in [0.29, 0.717) is 11.3 Å². The molecule has 0 amide bonds. The van der Waals surface area contributed by atoms with Crippen molar-refractivity contribution in [3.05, 3.63) is 48.0 Å². The van der Waals surface area contributed by atoms with Crippen LogP contribution in [0.15, 0.2) is 47.5 Å². The van der Waals surface area contributed by atoms with E-state index >= 15 is 0 Å². The van der Waals surface area contributed by atoms with Gasteiger partial charge < -0.3 is 14.6 Å². The number of phenols is 1. The molecule has 0 fully saturated rings. The van der Waals surface area contributed by atoms with E-state index in [0.717, 1.165) is 30.9 Å². The molecule has 0 bridgehead atoms. The number of phenolic OH excluding ortho intramolecular Hbond substituents is 1. The summed E-state index contributed by atoms with van der Waals surface area (Å²) in [6.07, 6.45) is 3.80. The smallest absolute Gasteiger partial charge is 0.128 e. The summed E-state index contributed by atoms with van der Waals surface area (Å²) in [6.45, 7) is 2.87. The Balaban J connectivity index is 2.01. The molecule has 0 aliphatic carbocycles. The van der Waals surface area contributed by atoms with E-state index in [2.05, 4.69) is 11.9 Å². The monoisotopic (exact) mass is 299 g/mol. The number of aliphatic imine (C=N–C) groups is 1. The third-order valence-electron chi connectivity index (χ3n) is 3.19. The van der Waals surface area contributed by atoms with Gasteiger partial charge in [0.05, 0.1) is 19.4 Å². The standard InChI is InChI=1S/C18H21NO3/c1-3-4-11-22-16-9-6-15(7-10-16)19-13-14-5-8-17(21-2)12-18(14)20/h5-10,12-13,20H,3-4,11H2,1-2H3. The van der Waals surface area contributed by atoms with Gasteiger partial charge in [-0.15, -0.1) is 0 Å². The van der Waals surface area contributed by atoms with E-state index in [-0.39, 0.29) is 5.75 Å². The fourth-order valence-corrected chi connectivity index (χ4v) is 1.87. The zero-order valence-electron chi connectivity index (χ0n) is 13.0. The molecular weight excluding hydrogens is 278 g/mol. The number of methoxy groups -OCH3 is 1. The molecule has 0 spiro atoms. The molecule has 1 N–H and O–H groups in total. The fraction of sp³-hybridized carbons (Fsp3) is 0.278. The van der Waals surface area contributed by atoms with Crippen LogP contribution in [0.3, 0.4) is 0 Å². The van der Waals surface area contributed by atoms with Crippen LogP contribution in [0.5, 0.6) is 17.2 Å². The lowest BCUT2D eigenvalue weighted by atomic mass is 10.2. The summed E-state index contributed by atoms with van der Waals surface area (Å²) in [5.74, 6) is 1.60. The van der Waals surface area contributed by atoms with Crippen molar-refractivity contribution in [2.24, 2.45) is 4.99 Å². The number of hydrogen-bond acceptors (Lipinski definition) is 4.